The van der Waals surface area contributed by atoms with E-state index in [9.17, 15) is 4.79 Å². The number of hydrogen-bond acceptors (Lipinski definition) is 3. The molecule has 0 saturated carbocycles. The SMILES string of the molecule is COc1ccc(C=NNC(=O)c2cccc(C)c2)cc1. The number of benzene rings is 2. The molecule has 102 valence electrons. The Morgan fingerprint density at radius 1 is 1.20 bits per heavy atom. The summed E-state index contributed by atoms with van der Waals surface area (Å²) in [6.45, 7) is 1.94. The van der Waals surface area contributed by atoms with Crippen LogP contribution in [0, 0.1) is 6.92 Å². The molecule has 0 spiro atoms. The van der Waals surface area contributed by atoms with Crippen molar-refractivity contribution in [2.45, 2.75) is 6.92 Å². The fourth-order valence-electron chi connectivity index (χ4n) is 1.71. The number of hydrazone groups is 1. The zero-order valence-electron chi connectivity index (χ0n) is 11.5. The predicted molar refractivity (Wildman–Crippen MR) is 79.2 cm³/mol. The molecule has 0 heterocycles. The van der Waals surface area contributed by atoms with Gasteiger partial charge in [0.05, 0.1) is 13.3 Å². The Morgan fingerprint density at radius 3 is 2.60 bits per heavy atom. The van der Waals surface area contributed by atoms with Crippen LogP contribution in [0.4, 0.5) is 0 Å². The average molecular weight is 268 g/mol. The number of ether oxygens (including phenoxy) is 1. The molecule has 2 aromatic rings. The van der Waals surface area contributed by atoms with Gasteiger partial charge < -0.3 is 4.74 Å². The molecule has 4 heteroatoms. The number of nitrogens with one attached hydrogen (secondary N) is 1. The summed E-state index contributed by atoms with van der Waals surface area (Å²) in [5.41, 5.74) is 5.02. The topological polar surface area (TPSA) is 50.7 Å². The van der Waals surface area contributed by atoms with Crippen LogP contribution in [0.5, 0.6) is 5.75 Å². The van der Waals surface area contributed by atoms with Gasteiger partial charge in [0, 0.05) is 5.56 Å². The summed E-state index contributed by atoms with van der Waals surface area (Å²) in [6, 6.07) is 14.8. The summed E-state index contributed by atoms with van der Waals surface area (Å²) in [5.74, 6) is 0.560. The highest BCUT2D eigenvalue weighted by Gasteiger charge is 2.03. The molecule has 0 saturated heterocycles. The second-order valence-electron chi connectivity index (χ2n) is 4.34. The molecule has 0 radical (unpaired) electrons. The molecular weight excluding hydrogens is 252 g/mol. The fraction of sp³-hybridized carbons (Fsp3) is 0.125. The van der Waals surface area contributed by atoms with Crippen LogP contribution in [0.15, 0.2) is 53.6 Å². The third-order valence-corrected chi connectivity index (χ3v) is 2.78. The van der Waals surface area contributed by atoms with E-state index in [1.54, 1.807) is 19.4 Å². The van der Waals surface area contributed by atoms with Gasteiger partial charge in [-0.05, 0) is 48.9 Å². The molecule has 20 heavy (non-hydrogen) atoms. The lowest BCUT2D eigenvalue weighted by atomic mass is 10.1. The number of rotatable bonds is 4. The Morgan fingerprint density at radius 2 is 1.95 bits per heavy atom. The molecule has 0 bridgehead atoms. The minimum absolute atomic E-state index is 0.224. The number of carbonyl (C=O) groups is 1. The smallest absolute Gasteiger partial charge is 0.271 e. The van der Waals surface area contributed by atoms with Crippen molar-refractivity contribution in [3.8, 4) is 5.75 Å². The minimum atomic E-state index is -0.224. The van der Waals surface area contributed by atoms with Crippen molar-refractivity contribution in [3.05, 3.63) is 65.2 Å². The highest BCUT2D eigenvalue weighted by atomic mass is 16.5. The Hall–Kier alpha value is -2.62. The minimum Gasteiger partial charge on any atom is -0.497 e. The van der Waals surface area contributed by atoms with E-state index >= 15 is 0 Å². The van der Waals surface area contributed by atoms with Crippen molar-refractivity contribution >= 4 is 12.1 Å². The summed E-state index contributed by atoms with van der Waals surface area (Å²) in [7, 11) is 1.62. The van der Waals surface area contributed by atoms with Gasteiger partial charge in [-0.3, -0.25) is 4.79 Å². The molecule has 0 unspecified atom stereocenters. The molecular formula is C16H16N2O2. The standard InChI is InChI=1S/C16H16N2O2/c1-12-4-3-5-14(10-12)16(19)18-17-11-13-6-8-15(20-2)9-7-13/h3-11H,1-2H3,(H,18,19). The van der Waals surface area contributed by atoms with Gasteiger partial charge in [-0.15, -0.1) is 0 Å². The predicted octanol–water partition coefficient (Wildman–Crippen LogP) is 2.77. The largest absolute Gasteiger partial charge is 0.497 e. The van der Waals surface area contributed by atoms with Crippen LogP contribution < -0.4 is 10.2 Å². The second-order valence-corrected chi connectivity index (χ2v) is 4.34. The van der Waals surface area contributed by atoms with Crippen LogP contribution in [0.1, 0.15) is 21.5 Å². The molecule has 0 fully saturated rings. The van der Waals surface area contributed by atoms with Crippen LogP contribution in [0.2, 0.25) is 0 Å². The Bertz CT molecular complexity index is 619. The first-order valence-electron chi connectivity index (χ1n) is 6.23. The van der Waals surface area contributed by atoms with E-state index in [2.05, 4.69) is 10.5 Å². The van der Waals surface area contributed by atoms with E-state index in [4.69, 9.17) is 4.74 Å². The van der Waals surface area contributed by atoms with Crippen LogP contribution in [0.25, 0.3) is 0 Å². The normalized spacial score (nSPS) is 10.5. The van der Waals surface area contributed by atoms with Crippen LogP contribution in [-0.2, 0) is 0 Å². The quantitative estimate of drug-likeness (QED) is 0.684. The lowest BCUT2D eigenvalue weighted by Crippen LogP contribution is -2.17. The third-order valence-electron chi connectivity index (χ3n) is 2.78. The maximum atomic E-state index is 11.8. The van der Waals surface area contributed by atoms with E-state index in [0.717, 1.165) is 16.9 Å². The van der Waals surface area contributed by atoms with E-state index in [1.807, 2.05) is 49.4 Å². The van der Waals surface area contributed by atoms with E-state index in [0.29, 0.717) is 5.56 Å². The molecule has 0 aliphatic carbocycles. The molecule has 0 atom stereocenters. The highest BCUT2D eigenvalue weighted by molar-refractivity contribution is 5.95. The molecule has 0 aliphatic heterocycles. The van der Waals surface area contributed by atoms with Crippen molar-refractivity contribution in [3.63, 3.8) is 0 Å². The summed E-state index contributed by atoms with van der Waals surface area (Å²) in [4.78, 5) is 11.8. The average Bonchev–Trinajstić information content (AvgIpc) is 2.48. The van der Waals surface area contributed by atoms with Crippen molar-refractivity contribution in [1.82, 2.24) is 5.43 Å². The lowest BCUT2D eigenvalue weighted by molar-refractivity contribution is 0.0955. The summed E-state index contributed by atoms with van der Waals surface area (Å²) >= 11 is 0. The first kappa shape index (κ1) is 13.8. The summed E-state index contributed by atoms with van der Waals surface area (Å²) in [5, 5.41) is 3.94. The van der Waals surface area contributed by atoms with Gasteiger partial charge in [-0.1, -0.05) is 17.7 Å². The Kier molecular flexibility index (Phi) is 4.50. The molecule has 2 aromatic carbocycles. The van der Waals surface area contributed by atoms with Gasteiger partial charge in [0.1, 0.15) is 5.75 Å². The Balaban J connectivity index is 1.97. The molecule has 4 nitrogen and oxygen atoms in total. The summed E-state index contributed by atoms with van der Waals surface area (Å²) in [6.07, 6.45) is 1.59. The first-order chi connectivity index (χ1) is 9.69. The third kappa shape index (κ3) is 3.68. The molecule has 0 aromatic heterocycles. The van der Waals surface area contributed by atoms with Crippen molar-refractivity contribution in [1.29, 1.82) is 0 Å². The Labute approximate surface area is 118 Å². The fourth-order valence-corrected chi connectivity index (χ4v) is 1.71. The van der Waals surface area contributed by atoms with Crippen LogP contribution in [0.3, 0.4) is 0 Å². The van der Waals surface area contributed by atoms with Crippen LogP contribution >= 0.6 is 0 Å². The van der Waals surface area contributed by atoms with Crippen molar-refractivity contribution in [2.75, 3.05) is 7.11 Å². The maximum Gasteiger partial charge on any atom is 0.271 e. The number of nitrogens with zero attached hydrogens (tertiary/aromatic N) is 1. The number of hydrogen-bond donors (Lipinski definition) is 1. The number of aryl methyl sites for hydroxylation is 1. The van der Waals surface area contributed by atoms with Gasteiger partial charge in [0.2, 0.25) is 0 Å². The zero-order chi connectivity index (χ0) is 14.4. The molecule has 2 rings (SSSR count). The first-order valence-corrected chi connectivity index (χ1v) is 6.23. The van der Waals surface area contributed by atoms with E-state index in [1.165, 1.54) is 0 Å². The second kappa shape index (κ2) is 6.52. The van der Waals surface area contributed by atoms with E-state index < -0.39 is 0 Å². The van der Waals surface area contributed by atoms with Gasteiger partial charge in [0.15, 0.2) is 0 Å². The monoisotopic (exact) mass is 268 g/mol. The van der Waals surface area contributed by atoms with E-state index in [-0.39, 0.29) is 5.91 Å². The van der Waals surface area contributed by atoms with Crippen molar-refractivity contribution < 1.29 is 9.53 Å². The highest BCUT2D eigenvalue weighted by Crippen LogP contribution is 2.09. The van der Waals surface area contributed by atoms with Gasteiger partial charge in [-0.25, -0.2) is 5.43 Å². The maximum absolute atomic E-state index is 11.8. The number of amides is 1. The van der Waals surface area contributed by atoms with Crippen molar-refractivity contribution in [2.24, 2.45) is 5.10 Å². The zero-order valence-corrected chi connectivity index (χ0v) is 11.5. The molecule has 0 aliphatic rings. The van der Waals surface area contributed by atoms with Gasteiger partial charge >= 0.3 is 0 Å². The number of methoxy groups -OCH3 is 1. The molecule has 1 N–H and O–H groups in total. The van der Waals surface area contributed by atoms with Gasteiger partial charge in [0.25, 0.3) is 5.91 Å². The van der Waals surface area contributed by atoms with Crippen LogP contribution in [-0.4, -0.2) is 19.2 Å². The summed E-state index contributed by atoms with van der Waals surface area (Å²) < 4.78 is 5.07. The van der Waals surface area contributed by atoms with Gasteiger partial charge in [-0.2, -0.15) is 5.10 Å². The molecule has 1 amide bonds. The lowest BCUT2D eigenvalue weighted by Gasteiger charge is -2.01. The number of carbonyl (C=O) groups excluding carboxylic acids is 1.